The minimum Gasteiger partial charge on any atom is -0.361 e. The molecule has 0 aliphatic carbocycles. The van der Waals surface area contributed by atoms with Gasteiger partial charge in [0.25, 0.3) is 0 Å². The summed E-state index contributed by atoms with van der Waals surface area (Å²) in [6.07, 6.45) is 1.78. The Bertz CT molecular complexity index is 2150. The maximum absolute atomic E-state index is 15.1. The number of aromatic amines is 1. The van der Waals surface area contributed by atoms with E-state index in [0.717, 1.165) is 17.7 Å². The molecule has 7 rings (SSSR count). The third kappa shape index (κ3) is 5.61. The first-order chi connectivity index (χ1) is 23.2. The number of rotatable bonds is 8. The highest BCUT2D eigenvalue weighted by molar-refractivity contribution is 6.05. The van der Waals surface area contributed by atoms with Gasteiger partial charge < -0.3 is 14.8 Å². The lowest BCUT2D eigenvalue weighted by Gasteiger charge is -2.31. The summed E-state index contributed by atoms with van der Waals surface area (Å²) < 4.78 is 45.8. The Balaban J connectivity index is 1.38. The van der Waals surface area contributed by atoms with E-state index in [4.69, 9.17) is 0 Å². The van der Waals surface area contributed by atoms with Crippen molar-refractivity contribution in [1.82, 2.24) is 24.6 Å². The van der Waals surface area contributed by atoms with Crippen molar-refractivity contribution in [3.63, 3.8) is 0 Å². The van der Waals surface area contributed by atoms with Crippen LogP contribution in [0, 0.1) is 17.5 Å². The molecular weight excluding hydrogens is 617 g/mol. The predicted octanol–water partition coefficient (Wildman–Crippen LogP) is 6.94. The van der Waals surface area contributed by atoms with Gasteiger partial charge in [0, 0.05) is 47.4 Å². The van der Waals surface area contributed by atoms with Crippen molar-refractivity contribution in [1.29, 1.82) is 0 Å². The first kappa shape index (κ1) is 30.9. The van der Waals surface area contributed by atoms with Crippen LogP contribution in [-0.2, 0) is 22.6 Å². The third-order valence-electron chi connectivity index (χ3n) is 8.73. The number of fused-ring (bicyclic) bond motifs is 4. The van der Waals surface area contributed by atoms with Crippen LogP contribution in [0.5, 0.6) is 0 Å². The first-order valence-electron chi connectivity index (χ1n) is 15.6. The molecule has 4 aromatic carbocycles. The van der Waals surface area contributed by atoms with Gasteiger partial charge in [-0.2, -0.15) is 0 Å². The average molecular weight is 649 g/mol. The smallest absolute Gasteiger partial charge is 0.243 e. The zero-order chi connectivity index (χ0) is 33.5. The van der Waals surface area contributed by atoms with Crippen LogP contribution in [-0.4, -0.2) is 49.0 Å². The summed E-state index contributed by atoms with van der Waals surface area (Å²) in [5.41, 5.74) is 2.92. The van der Waals surface area contributed by atoms with Crippen LogP contribution in [0.25, 0.3) is 28.0 Å². The molecule has 48 heavy (non-hydrogen) atoms. The largest absolute Gasteiger partial charge is 0.361 e. The molecule has 11 heteroatoms. The number of hydrogen-bond acceptors (Lipinski definition) is 4. The van der Waals surface area contributed by atoms with Crippen LogP contribution in [0.1, 0.15) is 36.7 Å². The molecule has 242 valence electrons. The highest BCUT2D eigenvalue weighted by Crippen LogP contribution is 2.40. The number of carbonyl (C=O) groups excluding carboxylic acids is 2. The SMILES string of the molecule is CC(C)N(Cc1ccccc1)C(=O)CN1C(=O)C(Cc2c[nH]c3cc(F)ccc23)c2nnc(-c3ccccc3)n2-c2cc(F)c(F)cc21. The molecule has 6 aromatic rings. The van der Waals surface area contributed by atoms with Crippen molar-refractivity contribution >= 4 is 28.4 Å². The highest BCUT2D eigenvalue weighted by atomic mass is 19.2. The zero-order valence-electron chi connectivity index (χ0n) is 26.2. The third-order valence-corrected chi connectivity index (χ3v) is 8.73. The molecule has 0 saturated carbocycles. The summed E-state index contributed by atoms with van der Waals surface area (Å²) in [6, 6.07) is 24.6. The Morgan fingerprint density at radius 1 is 0.896 bits per heavy atom. The number of amides is 2. The van der Waals surface area contributed by atoms with Gasteiger partial charge in [-0.1, -0.05) is 60.7 Å². The van der Waals surface area contributed by atoms with E-state index in [-0.39, 0.29) is 35.6 Å². The number of halogens is 3. The summed E-state index contributed by atoms with van der Waals surface area (Å²) in [5, 5.41) is 9.60. The molecule has 3 heterocycles. The molecule has 1 aliphatic heterocycles. The second kappa shape index (κ2) is 12.5. The molecule has 2 aromatic heterocycles. The number of carbonyl (C=O) groups is 2. The molecule has 0 bridgehead atoms. The lowest BCUT2D eigenvalue weighted by molar-refractivity contribution is -0.133. The maximum atomic E-state index is 15.1. The Morgan fingerprint density at radius 2 is 1.58 bits per heavy atom. The van der Waals surface area contributed by atoms with Gasteiger partial charge in [0.15, 0.2) is 23.3 Å². The van der Waals surface area contributed by atoms with Gasteiger partial charge in [-0.25, -0.2) is 13.2 Å². The number of benzene rings is 4. The Labute approximate surface area is 274 Å². The van der Waals surface area contributed by atoms with Gasteiger partial charge in [0.05, 0.1) is 11.4 Å². The second-order valence-electron chi connectivity index (χ2n) is 12.1. The number of aromatic nitrogens is 4. The minimum atomic E-state index is -1.17. The van der Waals surface area contributed by atoms with E-state index in [2.05, 4.69) is 15.2 Å². The van der Waals surface area contributed by atoms with Crippen LogP contribution < -0.4 is 4.90 Å². The molecule has 1 unspecified atom stereocenters. The molecule has 1 N–H and O–H groups in total. The standard InChI is InChI=1S/C37H31F3N6O2/c1-22(2)44(20-23-9-5-3-6-10-23)34(47)21-45-32-17-29(39)30(40)18-33(32)46-35(24-11-7-4-8-12-24)42-43-36(46)28(37(45)48)15-25-19-41-31-16-26(38)13-14-27(25)31/h3-14,16-19,22,28,41H,15,20-21H2,1-2H3. The van der Waals surface area contributed by atoms with E-state index in [1.54, 1.807) is 33.9 Å². The highest BCUT2D eigenvalue weighted by Gasteiger charge is 2.40. The van der Waals surface area contributed by atoms with Gasteiger partial charge in [-0.05, 0) is 49.6 Å². The maximum Gasteiger partial charge on any atom is 0.243 e. The fourth-order valence-corrected chi connectivity index (χ4v) is 6.33. The number of nitrogens with one attached hydrogen (secondary N) is 1. The molecule has 8 nitrogen and oxygen atoms in total. The average Bonchev–Trinajstić information content (AvgIpc) is 3.68. The fourth-order valence-electron chi connectivity index (χ4n) is 6.33. The summed E-state index contributed by atoms with van der Waals surface area (Å²) in [4.78, 5) is 34.8. The van der Waals surface area contributed by atoms with Gasteiger partial charge in [0.1, 0.15) is 18.3 Å². The molecule has 1 aliphatic rings. The zero-order valence-corrected chi connectivity index (χ0v) is 26.2. The summed E-state index contributed by atoms with van der Waals surface area (Å²) in [5.74, 6) is -4.15. The molecular formula is C37H31F3N6O2. The second-order valence-corrected chi connectivity index (χ2v) is 12.1. The minimum absolute atomic E-state index is 0.0115. The van der Waals surface area contributed by atoms with Crippen molar-refractivity contribution in [2.45, 2.75) is 38.8 Å². The summed E-state index contributed by atoms with van der Waals surface area (Å²) >= 11 is 0. The lowest BCUT2D eigenvalue weighted by Crippen LogP contribution is -2.46. The number of H-pyrrole nitrogens is 1. The van der Waals surface area contributed by atoms with Crippen molar-refractivity contribution in [3.05, 3.63) is 132 Å². The Morgan fingerprint density at radius 3 is 2.29 bits per heavy atom. The van der Waals surface area contributed by atoms with Gasteiger partial charge in [0.2, 0.25) is 11.8 Å². The Kier molecular flexibility index (Phi) is 8.04. The van der Waals surface area contributed by atoms with Crippen molar-refractivity contribution in [2.75, 3.05) is 11.4 Å². The molecule has 0 spiro atoms. The van der Waals surface area contributed by atoms with Crippen molar-refractivity contribution in [2.24, 2.45) is 0 Å². The van der Waals surface area contributed by atoms with Crippen LogP contribution in [0.4, 0.5) is 18.9 Å². The summed E-state index contributed by atoms with van der Waals surface area (Å²) in [6.45, 7) is 3.62. The first-order valence-corrected chi connectivity index (χ1v) is 15.6. The monoisotopic (exact) mass is 648 g/mol. The van der Waals surface area contributed by atoms with Gasteiger partial charge >= 0.3 is 0 Å². The van der Waals surface area contributed by atoms with Crippen LogP contribution in [0.2, 0.25) is 0 Å². The van der Waals surface area contributed by atoms with E-state index >= 15 is 8.78 Å². The topological polar surface area (TPSA) is 87.1 Å². The van der Waals surface area contributed by atoms with Crippen LogP contribution >= 0.6 is 0 Å². The molecule has 0 fully saturated rings. The van der Waals surface area contributed by atoms with Crippen LogP contribution in [0.15, 0.2) is 97.2 Å². The lowest BCUT2D eigenvalue weighted by atomic mass is 9.96. The van der Waals surface area contributed by atoms with E-state index < -0.39 is 35.8 Å². The quantitative estimate of drug-likeness (QED) is 0.194. The summed E-state index contributed by atoms with van der Waals surface area (Å²) in [7, 11) is 0. The number of hydrogen-bond donors (Lipinski definition) is 1. The number of nitrogens with zero attached hydrogens (tertiary/aromatic N) is 5. The predicted molar refractivity (Wildman–Crippen MR) is 176 cm³/mol. The normalized spacial score (nSPS) is 14.2. The molecule has 0 saturated heterocycles. The van der Waals surface area contributed by atoms with Gasteiger partial charge in [-0.3, -0.25) is 14.2 Å². The fraction of sp³-hybridized carbons (Fsp3) is 0.189. The molecule has 2 amide bonds. The van der Waals surface area contributed by atoms with E-state index in [1.165, 1.54) is 17.0 Å². The van der Waals surface area contributed by atoms with E-state index in [9.17, 15) is 14.0 Å². The van der Waals surface area contributed by atoms with Crippen molar-refractivity contribution < 1.29 is 22.8 Å². The van der Waals surface area contributed by atoms with E-state index in [1.807, 2.05) is 62.4 Å². The van der Waals surface area contributed by atoms with Gasteiger partial charge in [-0.15, -0.1) is 10.2 Å². The van der Waals surface area contributed by atoms with E-state index in [0.29, 0.717) is 34.4 Å². The number of anilines is 1. The molecule has 1 atom stereocenters. The van der Waals surface area contributed by atoms with Crippen LogP contribution in [0.3, 0.4) is 0 Å². The molecule has 0 radical (unpaired) electrons. The Hall–Kier alpha value is -5.71. The van der Waals surface area contributed by atoms with Crippen molar-refractivity contribution in [3.8, 4) is 17.1 Å².